The number of nitrogens with one attached hydrogen (secondary N) is 1. The summed E-state index contributed by atoms with van der Waals surface area (Å²) >= 11 is 7.90. The number of methoxy groups -OCH3 is 1. The predicted molar refractivity (Wildman–Crippen MR) is 90.5 cm³/mol. The number of ether oxygens (including phenoxy) is 1. The molecule has 110 valence electrons. The molecule has 0 saturated carbocycles. The van der Waals surface area contributed by atoms with Gasteiger partial charge < -0.3 is 10.5 Å². The molecule has 0 bridgehead atoms. The minimum atomic E-state index is 0.0648. The third kappa shape index (κ3) is 4.16. The van der Waals surface area contributed by atoms with Gasteiger partial charge in [0, 0.05) is 27.7 Å². The molecule has 0 atom stereocenters. The molecule has 0 aliphatic heterocycles. The van der Waals surface area contributed by atoms with Gasteiger partial charge in [-0.3, -0.25) is 5.41 Å². The Bertz CT molecular complexity index is 646. The smallest absolute Gasteiger partial charge is 0.122 e. The molecule has 0 fully saturated rings. The van der Waals surface area contributed by atoms with E-state index >= 15 is 0 Å². The standard InChI is InChI=1S/C16H17ClN2OS/c1-20-15-7-6-11(16(18)19)8-13(15)10-21-9-12-4-2-3-5-14(12)17/h2-8H,9-10H2,1H3,(H3,18,19). The number of hydrogen-bond donors (Lipinski definition) is 2. The second kappa shape index (κ2) is 7.38. The van der Waals surface area contributed by atoms with Crippen LogP contribution in [0.15, 0.2) is 42.5 Å². The van der Waals surface area contributed by atoms with E-state index in [1.165, 1.54) is 0 Å². The van der Waals surface area contributed by atoms with Crippen LogP contribution in [0, 0.1) is 5.41 Å². The molecule has 3 nitrogen and oxygen atoms in total. The average molecular weight is 321 g/mol. The molecule has 0 saturated heterocycles. The SMILES string of the molecule is COc1ccc(C(=N)N)cc1CSCc1ccccc1Cl. The Morgan fingerprint density at radius 2 is 1.90 bits per heavy atom. The predicted octanol–water partition coefficient (Wildman–Crippen LogP) is 4.07. The molecule has 0 aromatic heterocycles. The van der Waals surface area contributed by atoms with Crippen molar-refractivity contribution in [2.24, 2.45) is 5.73 Å². The van der Waals surface area contributed by atoms with E-state index < -0.39 is 0 Å². The largest absolute Gasteiger partial charge is 0.496 e. The summed E-state index contributed by atoms with van der Waals surface area (Å²) in [6.45, 7) is 0. The summed E-state index contributed by atoms with van der Waals surface area (Å²) in [5.74, 6) is 2.48. The van der Waals surface area contributed by atoms with Crippen molar-refractivity contribution in [2.45, 2.75) is 11.5 Å². The highest BCUT2D eigenvalue weighted by atomic mass is 35.5. The van der Waals surface area contributed by atoms with Crippen LogP contribution in [0.4, 0.5) is 0 Å². The van der Waals surface area contributed by atoms with Gasteiger partial charge in [-0.2, -0.15) is 11.8 Å². The number of rotatable bonds is 6. The Balaban J connectivity index is 2.07. The minimum Gasteiger partial charge on any atom is -0.496 e. The molecule has 2 rings (SSSR count). The maximum atomic E-state index is 7.51. The molecule has 5 heteroatoms. The molecule has 3 N–H and O–H groups in total. The normalized spacial score (nSPS) is 10.4. The second-order valence-corrected chi connectivity index (χ2v) is 5.92. The van der Waals surface area contributed by atoms with Gasteiger partial charge in [-0.1, -0.05) is 29.8 Å². The number of halogens is 1. The molecule has 0 aliphatic carbocycles. The molecule has 2 aromatic rings. The van der Waals surface area contributed by atoms with E-state index in [-0.39, 0.29) is 5.84 Å². The first-order valence-electron chi connectivity index (χ1n) is 6.44. The maximum absolute atomic E-state index is 7.51. The Morgan fingerprint density at radius 1 is 1.19 bits per heavy atom. The van der Waals surface area contributed by atoms with Crippen LogP contribution in [-0.4, -0.2) is 12.9 Å². The molecule has 21 heavy (non-hydrogen) atoms. The summed E-state index contributed by atoms with van der Waals surface area (Å²) in [4.78, 5) is 0. The summed E-state index contributed by atoms with van der Waals surface area (Å²) < 4.78 is 5.36. The Kier molecular flexibility index (Phi) is 5.53. The van der Waals surface area contributed by atoms with Gasteiger partial charge >= 0.3 is 0 Å². The van der Waals surface area contributed by atoms with Gasteiger partial charge in [-0.15, -0.1) is 0 Å². The second-order valence-electron chi connectivity index (χ2n) is 4.52. The van der Waals surface area contributed by atoms with Crippen molar-refractivity contribution in [1.82, 2.24) is 0 Å². The van der Waals surface area contributed by atoms with Crippen LogP contribution in [-0.2, 0) is 11.5 Å². The first-order valence-corrected chi connectivity index (χ1v) is 7.97. The Labute approximate surface area is 134 Å². The number of hydrogen-bond acceptors (Lipinski definition) is 3. The van der Waals surface area contributed by atoms with Crippen molar-refractivity contribution in [3.63, 3.8) is 0 Å². The van der Waals surface area contributed by atoms with E-state index in [1.54, 1.807) is 24.9 Å². The van der Waals surface area contributed by atoms with Crippen LogP contribution in [0.25, 0.3) is 0 Å². The quantitative estimate of drug-likeness (QED) is 0.623. The maximum Gasteiger partial charge on any atom is 0.122 e. The zero-order valence-corrected chi connectivity index (χ0v) is 13.3. The van der Waals surface area contributed by atoms with Crippen LogP contribution in [0.3, 0.4) is 0 Å². The summed E-state index contributed by atoms with van der Waals surface area (Å²) in [6.07, 6.45) is 0. The Morgan fingerprint density at radius 3 is 2.57 bits per heavy atom. The van der Waals surface area contributed by atoms with Crippen molar-refractivity contribution in [2.75, 3.05) is 7.11 Å². The molecule has 0 aliphatic rings. The lowest BCUT2D eigenvalue weighted by Crippen LogP contribution is -2.11. The van der Waals surface area contributed by atoms with Crippen molar-refractivity contribution < 1.29 is 4.74 Å². The monoisotopic (exact) mass is 320 g/mol. The lowest BCUT2D eigenvalue weighted by atomic mass is 10.1. The molecular formula is C16H17ClN2OS. The van der Waals surface area contributed by atoms with Crippen LogP contribution >= 0.6 is 23.4 Å². The highest BCUT2D eigenvalue weighted by Crippen LogP contribution is 2.28. The number of thioether (sulfide) groups is 1. The van der Waals surface area contributed by atoms with E-state index in [2.05, 4.69) is 0 Å². The number of nitrogen functional groups attached to an aromatic ring is 1. The molecule has 0 unspecified atom stereocenters. The van der Waals surface area contributed by atoms with Crippen LogP contribution in [0.2, 0.25) is 5.02 Å². The summed E-state index contributed by atoms with van der Waals surface area (Å²) in [5, 5.41) is 8.30. The summed E-state index contributed by atoms with van der Waals surface area (Å²) in [7, 11) is 1.64. The number of amidine groups is 1. The van der Waals surface area contributed by atoms with E-state index in [0.717, 1.165) is 33.4 Å². The van der Waals surface area contributed by atoms with E-state index in [1.807, 2.05) is 36.4 Å². The van der Waals surface area contributed by atoms with Crippen molar-refractivity contribution in [1.29, 1.82) is 5.41 Å². The third-order valence-corrected chi connectivity index (χ3v) is 4.46. The number of benzene rings is 2. The zero-order chi connectivity index (χ0) is 15.2. The van der Waals surface area contributed by atoms with Crippen molar-refractivity contribution in [3.8, 4) is 5.75 Å². The van der Waals surface area contributed by atoms with Gasteiger partial charge in [0.15, 0.2) is 0 Å². The topological polar surface area (TPSA) is 59.1 Å². The molecule has 2 aromatic carbocycles. The molecule has 0 radical (unpaired) electrons. The van der Waals surface area contributed by atoms with Gasteiger partial charge in [0.05, 0.1) is 7.11 Å². The minimum absolute atomic E-state index is 0.0648. The molecule has 0 spiro atoms. The van der Waals surface area contributed by atoms with Crippen LogP contribution in [0.1, 0.15) is 16.7 Å². The summed E-state index contributed by atoms with van der Waals surface area (Å²) in [6, 6.07) is 13.4. The third-order valence-electron chi connectivity index (χ3n) is 3.06. The lowest BCUT2D eigenvalue weighted by Gasteiger charge is -2.10. The zero-order valence-electron chi connectivity index (χ0n) is 11.7. The van der Waals surface area contributed by atoms with Gasteiger partial charge in [-0.25, -0.2) is 0 Å². The first-order chi connectivity index (χ1) is 10.1. The van der Waals surface area contributed by atoms with Crippen LogP contribution in [0.5, 0.6) is 5.75 Å². The fourth-order valence-electron chi connectivity index (χ4n) is 1.95. The lowest BCUT2D eigenvalue weighted by molar-refractivity contribution is 0.411. The fourth-order valence-corrected chi connectivity index (χ4v) is 3.25. The first kappa shape index (κ1) is 15.7. The van der Waals surface area contributed by atoms with E-state index in [4.69, 9.17) is 27.5 Å². The molecular weight excluding hydrogens is 304 g/mol. The summed E-state index contributed by atoms with van der Waals surface area (Å²) in [5.41, 5.74) is 8.39. The highest BCUT2D eigenvalue weighted by molar-refractivity contribution is 7.97. The van der Waals surface area contributed by atoms with E-state index in [0.29, 0.717) is 5.56 Å². The Hall–Kier alpha value is -1.65. The number of nitrogens with two attached hydrogens (primary N) is 1. The van der Waals surface area contributed by atoms with Crippen molar-refractivity contribution in [3.05, 3.63) is 64.2 Å². The van der Waals surface area contributed by atoms with Crippen LogP contribution < -0.4 is 10.5 Å². The van der Waals surface area contributed by atoms with E-state index in [9.17, 15) is 0 Å². The highest BCUT2D eigenvalue weighted by Gasteiger charge is 2.07. The molecule has 0 heterocycles. The van der Waals surface area contributed by atoms with Gasteiger partial charge in [0.2, 0.25) is 0 Å². The van der Waals surface area contributed by atoms with Gasteiger partial charge in [-0.05, 0) is 29.8 Å². The molecule has 0 amide bonds. The van der Waals surface area contributed by atoms with Gasteiger partial charge in [0.25, 0.3) is 0 Å². The average Bonchev–Trinajstić information content (AvgIpc) is 2.49. The van der Waals surface area contributed by atoms with Crippen molar-refractivity contribution >= 4 is 29.2 Å². The fraction of sp³-hybridized carbons (Fsp3) is 0.188. The van der Waals surface area contributed by atoms with Gasteiger partial charge in [0.1, 0.15) is 11.6 Å².